The topological polar surface area (TPSA) is 131 Å². The Balaban J connectivity index is 1.43. The van der Waals surface area contributed by atoms with Crippen molar-refractivity contribution in [3.63, 3.8) is 0 Å². The molecule has 10 nitrogen and oxygen atoms in total. The van der Waals surface area contributed by atoms with Gasteiger partial charge in [0, 0.05) is 48.9 Å². The van der Waals surface area contributed by atoms with Gasteiger partial charge < -0.3 is 26.0 Å². The number of amidine groups is 1. The van der Waals surface area contributed by atoms with Crippen LogP contribution in [0, 0.1) is 5.92 Å². The number of pyridine rings is 3. The van der Waals surface area contributed by atoms with Gasteiger partial charge in [0.1, 0.15) is 23.6 Å². The van der Waals surface area contributed by atoms with Crippen molar-refractivity contribution in [1.82, 2.24) is 15.0 Å². The molecule has 11 heteroatoms. The molecule has 0 bridgehead atoms. The number of alkyl halides is 1. The third-order valence-electron chi connectivity index (χ3n) is 6.16. The SMILES string of the molecule is CNc1ncc(C(N)=Nc2ccc(N3CCO[C@H](C)C3)cn2)c2cc(NC(=O)[C@H]3C[C@H]3F)ncc12. The van der Waals surface area contributed by atoms with Crippen molar-refractivity contribution in [2.24, 2.45) is 16.6 Å². The molecule has 4 N–H and O–H groups in total. The van der Waals surface area contributed by atoms with Gasteiger partial charge in [0.25, 0.3) is 0 Å². The van der Waals surface area contributed by atoms with E-state index in [0.717, 1.165) is 18.8 Å². The molecule has 1 amide bonds. The van der Waals surface area contributed by atoms with Crippen LogP contribution in [-0.4, -0.2) is 65.7 Å². The van der Waals surface area contributed by atoms with E-state index in [4.69, 9.17) is 10.5 Å². The molecule has 0 aromatic carbocycles. The van der Waals surface area contributed by atoms with E-state index in [2.05, 4.69) is 35.5 Å². The van der Waals surface area contributed by atoms with E-state index in [1.54, 1.807) is 31.7 Å². The molecule has 2 fully saturated rings. The number of rotatable bonds is 6. The molecule has 1 saturated carbocycles. The molecule has 3 aromatic heterocycles. The number of halogens is 1. The molecule has 4 heterocycles. The standard InChI is InChI=1S/C24H27FN8O2/c1-13-12-33(5-6-35-13)14-3-4-20(28-9-14)31-22(26)17-10-30-23(27-2)18-11-29-21(8-15(17)18)32-24(34)16-7-19(16)25/h3-4,8-11,13,16,19H,5-7,12H2,1-2H3,(H,27,30)(H2,26,28,31)(H,29,32,34)/t13-,16+,19-/m1/s1. The van der Waals surface area contributed by atoms with Gasteiger partial charge in [-0.15, -0.1) is 0 Å². The number of aromatic nitrogens is 3. The Morgan fingerprint density at radius 3 is 2.74 bits per heavy atom. The van der Waals surface area contributed by atoms with Crippen molar-refractivity contribution < 1.29 is 13.9 Å². The number of fused-ring (bicyclic) bond motifs is 1. The zero-order valence-electron chi connectivity index (χ0n) is 19.5. The van der Waals surface area contributed by atoms with E-state index in [1.165, 1.54) is 0 Å². The van der Waals surface area contributed by atoms with Crippen molar-refractivity contribution in [3.8, 4) is 0 Å². The minimum atomic E-state index is -1.08. The number of anilines is 3. The van der Waals surface area contributed by atoms with Gasteiger partial charge >= 0.3 is 0 Å². The van der Waals surface area contributed by atoms with Crippen LogP contribution in [0.1, 0.15) is 18.9 Å². The van der Waals surface area contributed by atoms with Gasteiger partial charge in [-0.1, -0.05) is 0 Å². The van der Waals surface area contributed by atoms with Crippen molar-refractivity contribution in [3.05, 3.63) is 42.4 Å². The normalized spacial score (nSPS) is 22.2. The average molecular weight is 479 g/mol. The molecule has 0 spiro atoms. The highest BCUT2D eigenvalue weighted by atomic mass is 19.1. The second-order valence-corrected chi connectivity index (χ2v) is 8.73. The number of amides is 1. The van der Waals surface area contributed by atoms with Gasteiger partial charge in [0.2, 0.25) is 5.91 Å². The summed E-state index contributed by atoms with van der Waals surface area (Å²) in [5, 5.41) is 7.11. The van der Waals surface area contributed by atoms with Crippen LogP contribution in [0.3, 0.4) is 0 Å². The van der Waals surface area contributed by atoms with Crippen molar-refractivity contribution in [2.75, 3.05) is 42.3 Å². The predicted molar refractivity (Wildman–Crippen MR) is 133 cm³/mol. The summed E-state index contributed by atoms with van der Waals surface area (Å²) < 4.78 is 18.9. The van der Waals surface area contributed by atoms with E-state index in [-0.39, 0.29) is 24.3 Å². The monoisotopic (exact) mass is 478 g/mol. The van der Waals surface area contributed by atoms with E-state index >= 15 is 0 Å². The van der Waals surface area contributed by atoms with Crippen molar-refractivity contribution in [1.29, 1.82) is 0 Å². The molecule has 2 aliphatic rings. The number of hydrogen-bond acceptors (Lipinski definition) is 8. The molecule has 3 atom stereocenters. The first-order chi connectivity index (χ1) is 16.9. The highest BCUT2D eigenvalue weighted by Gasteiger charge is 2.43. The second kappa shape index (κ2) is 9.41. The quantitative estimate of drug-likeness (QED) is 0.364. The predicted octanol–water partition coefficient (Wildman–Crippen LogP) is 2.63. The molecule has 35 heavy (non-hydrogen) atoms. The number of carbonyl (C=O) groups excluding carboxylic acids is 1. The number of ether oxygens (including phenoxy) is 1. The second-order valence-electron chi connectivity index (χ2n) is 8.73. The van der Waals surface area contributed by atoms with Crippen molar-refractivity contribution in [2.45, 2.75) is 25.6 Å². The Kier molecular flexibility index (Phi) is 6.16. The zero-order chi connectivity index (χ0) is 24.5. The van der Waals surface area contributed by atoms with Gasteiger partial charge in [-0.3, -0.25) is 4.79 Å². The minimum Gasteiger partial charge on any atom is -0.383 e. The number of nitrogens with zero attached hydrogens (tertiary/aromatic N) is 5. The lowest BCUT2D eigenvalue weighted by Gasteiger charge is -2.32. The fourth-order valence-corrected chi connectivity index (χ4v) is 4.13. The van der Waals surface area contributed by atoms with E-state index < -0.39 is 12.1 Å². The van der Waals surface area contributed by atoms with Crippen LogP contribution in [0.15, 0.2) is 41.8 Å². The van der Waals surface area contributed by atoms with Crippen LogP contribution >= 0.6 is 0 Å². The molecule has 3 aromatic rings. The molecule has 182 valence electrons. The van der Waals surface area contributed by atoms with E-state index in [0.29, 0.717) is 40.4 Å². The fraction of sp³-hybridized carbons (Fsp3) is 0.375. The number of nitrogens with two attached hydrogens (primary N) is 1. The molecule has 0 unspecified atom stereocenters. The summed E-state index contributed by atoms with van der Waals surface area (Å²) in [4.78, 5) is 32.1. The van der Waals surface area contributed by atoms with Crippen LogP contribution in [-0.2, 0) is 9.53 Å². The Bertz CT molecular complexity index is 1280. The molecular weight excluding hydrogens is 451 g/mol. The van der Waals surface area contributed by atoms with Gasteiger partial charge in [0.05, 0.1) is 30.5 Å². The summed E-state index contributed by atoms with van der Waals surface area (Å²) in [5.74, 6) is 0.609. The van der Waals surface area contributed by atoms with Crippen LogP contribution in [0.2, 0.25) is 0 Å². The molecule has 5 rings (SSSR count). The van der Waals surface area contributed by atoms with Gasteiger partial charge in [-0.2, -0.15) is 0 Å². The van der Waals surface area contributed by atoms with Crippen LogP contribution < -0.4 is 21.3 Å². The minimum absolute atomic E-state index is 0.172. The Labute approximate surface area is 201 Å². The first kappa shape index (κ1) is 22.9. The Hall–Kier alpha value is -3.86. The maximum absolute atomic E-state index is 13.3. The van der Waals surface area contributed by atoms with Crippen LogP contribution in [0.5, 0.6) is 0 Å². The maximum Gasteiger partial charge on any atom is 0.231 e. The average Bonchev–Trinajstić information content (AvgIpc) is 3.60. The van der Waals surface area contributed by atoms with Crippen LogP contribution in [0.25, 0.3) is 10.8 Å². The Morgan fingerprint density at radius 1 is 1.23 bits per heavy atom. The lowest BCUT2D eigenvalue weighted by molar-refractivity contribution is -0.117. The molecule has 1 aliphatic carbocycles. The molecule has 1 aliphatic heterocycles. The number of carbonyl (C=O) groups is 1. The van der Waals surface area contributed by atoms with Crippen LogP contribution in [0.4, 0.5) is 27.5 Å². The number of nitrogens with one attached hydrogen (secondary N) is 2. The summed E-state index contributed by atoms with van der Waals surface area (Å²) >= 11 is 0. The zero-order valence-corrected chi connectivity index (χ0v) is 19.5. The number of morpholine rings is 1. The molecular formula is C24H27FN8O2. The van der Waals surface area contributed by atoms with Gasteiger partial charge in [-0.05, 0) is 31.5 Å². The lowest BCUT2D eigenvalue weighted by Crippen LogP contribution is -2.41. The summed E-state index contributed by atoms with van der Waals surface area (Å²) in [6.45, 7) is 4.35. The number of aliphatic imine (C=N–C) groups is 1. The third-order valence-corrected chi connectivity index (χ3v) is 6.16. The fourth-order valence-electron chi connectivity index (χ4n) is 4.13. The number of hydrogen-bond donors (Lipinski definition) is 3. The molecule has 1 saturated heterocycles. The van der Waals surface area contributed by atoms with Gasteiger partial charge in [0.15, 0.2) is 5.82 Å². The summed E-state index contributed by atoms with van der Waals surface area (Å²) in [7, 11) is 1.75. The lowest BCUT2D eigenvalue weighted by atomic mass is 10.1. The highest BCUT2D eigenvalue weighted by Crippen LogP contribution is 2.35. The van der Waals surface area contributed by atoms with E-state index in [9.17, 15) is 9.18 Å². The summed E-state index contributed by atoms with van der Waals surface area (Å²) in [6.07, 6.45) is 4.31. The highest BCUT2D eigenvalue weighted by molar-refractivity contribution is 6.12. The van der Waals surface area contributed by atoms with E-state index in [1.807, 2.05) is 19.1 Å². The first-order valence-electron chi connectivity index (χ1n) is 11.5. The Morgan fingerprint density at radius 2 is 2.06 bits per heavy atom. The molecule has 0 radical (unpaired) electrons. The maximum atomic E-state index is 13.3. The summed E-state index contributed by atoms with van der Waals surface area (Å²) in [6, 6.07) is 5.47. The van der Waals surface area contributed by atoms with Gasteiger partial charge in [-0.25, -0.2) is 24.3 Å². The largest absolute Gasteiger partial charge is 0.383 e. The smallest absolute Gasteiger partial charge is 0.231 e. The van der Waals surface area contributed by atoms with Crippen molar-refractivity contribution >= 4 is 45.7 Å². The third kappa shape index (κ3) is 4.85. The first-order valence-corrected chi connectivity index (χ1v) is 11.5. The summed E-state index contributed by atoms with van der Waals surface area (Å²) in [5.41, 5.74) is 7.95.